The zero-order valence-electron chi connectivity index (χ0n) is 24.0. The van der Waals surface area contributed by atoms with E-state index in [4.69, 9.17) is 4.74 Å². The maximum absolute atomic E-state index is 13.6. The maximum Gasteiger partial charge on any atom is 0.416 e. The highest BCUT2D eigenvalue weighted by molar-refractivity contribution is 5.70. The number of aryl methyl sites for hydroxylation is 1. The molecule has 2 heterocycles. The first-order chi connectivity index (χ1) is 19.4. The fourth-order valence-electron chi connectivity index (χ4n) is 4.69. The summed E-state index contributed by atoms with van der Waals surface area (Å²) in [5.41, 5.74) is -3.31. The Labute approximate surface area is 240 Å². The Morgan fingerprint density at radius 3 is 2.02 bits per heavy atom. The summed E-state index contributed by atoms with van der Waals surface area (Å²) in [6.07, 6.45) is -6.49. The lowest BCUT2D eigenvalue weighted by Crippen LogP contribution is -2.42. The number of hydrogen-bond acceptors (Lipinski definition) is 7. The fourth-order valence-corrected chi connectivity index (χ4v) is 4.69. The summed E-state index contributed by atoms with van der Waals surface area (Å²) in [4.78, 5) is 36.1. The molecule has 0 bridgehead atoms. The Balaban J connectivity index is 2.01. The Bertz CT molecular complexity index is 1210. The maximum atomic E-state index is 13.6. The summed E-state index contributed by atoms with van der Waals surface area (Å²) >= 11 is 0. The Morgan fingerprint density at radius 1 is 0.976 bits per heavy atom. The number of carbonyl (C=O) groups excluding carboxylic acids is 2. The van der Waals surface area contributed by atoms with E-state index in [0.29, 0.717) is 30.5 Å². The number of anilines is 1. The highest BCUT2D eigenvalue weighted by Gasteiger charge is 2.41. The standard InChI is InChI=1S/C28H34F6N4O4/c1-6-21-12-22(16-38(21)25(40)42-26(2,3)4)37(24-35-13-17(14-36-24)7-8-23(39)41-5)15-18-9-19(27(29,30)31)11-20(10-18)28(32,33)34/h9-11,13-14,21-22H,6-8,12,15-16H2,1-5H3/t21-,22?/m1/s1. The molecule has 1 fully saturated rings. The van der Waals surface area contributed by atoms with Crippen molar-refractivity contribution in [2.75, 3.05) is 18.6 Å². The SMILES string of the molecule is CC[C@@H]1CC(N(Cc2cc(C(F)(F)F)cc(C(F)(F)F)c2)c2ncc(CCC(=O)OC)cn2)CN1C(=O)OC(C)(C)C. The molecule has 1 saturated heterocycles. The first kappa shape index (κ1) is 32.9. The zero-order valence-corrected chi connectivity index (χ0v) is 24.0. The van der Waals surface area contributed by atoms with Gasteiger partial charge < -0.3 is 19.3 Å². The molecule has 0 aliphatic carbocycles. The molecule has 1 aromatic carbocycles. The molecular formula is C28H34F6N4O4. The molecule has 0 saturated carbocycles. The molecule has 1 aromatic heterocycles. The summed E-state index contributed by atoms with van der Waals surface area (Å²) in [7, 11) is 1.25. The number of hydrogen-bond donors (Lipinski definition) is 0. The zero-order chi connectivity index (χ0) is 31.5. The first-order valence-electron chi connectivity index (χ1n) is 13.3. The molecule has 14 heteroatoms. The quantitative estimate of drug-likeness (QED) is 0.254. The number of esters is 1. The van der Waals surface area contributed by atoms with Crippen LogP contribution in [0, 0.1) is 0 Å². The number of rotatable bonds is 8. The number of benzene rings is 1. The topological polar surface area (TPSA) is 84.9 Å². The van der Waals surface area contributed by atoms with Crippen molar-refractivity contribution >= 4 is 18.0 Å². The summed E-state index contributed by atoms with van der Waals surface area (Å²) in [5, 5.41) is 0. The predicted molar refractivity (Wildman–Crippen MR) is 140 cm³/mol. The van der Waals surface area contributed by atoms with Crippen LogP contribution < -0.4 is 4.90 Å². The van der Waals surface area contributed by atoms with Crippen LogP contribution in [0.3, 0.4) is 0 Å². The second-order valence-electron chi connectivity index (χ2n) is 11.1. The summed E-state index contributed by atoms with van der Waals surface area (Å²) in [6.45, 7) is 6.71. The number of likely N-dealkylation sites (tertiary alicyclic amines) is 1. The van der Waals surface area contributed by atoms with Crippen molar-refractivity contribution in [3.05, 3.63) is 52.8 Å². The molecule has 0 radical (unpaired) electrons. The van der Waals surface area contributed by atoms with E-state index in [-0.39, 0.29) is 43.0 Å². The molecule has 1 amide bonds. The van der Waals surface area contributed by atoms with Gasteiger partial charge >= 0.3 is 24.4 Å². The lowest BCUT2D eigenvalue weighted by Gasteiger charge is -2.30. The molecule has 2 aromatic rings. The van der Waals surface area contributed by atoms with Crippen LogP contribution in [0.15, 0.2) is 30.6 Å². The van der Waals surface area contributed by atoms with E-state index in [1.54, 1.807) is 20.8 Å². The molecule has 0 spiro atoms. The molecule has 2 atom stereocenters. The second-order valence-corrected chi connectivity index (χ2v) is 11.1. The summed E-state index contributed by atoms with van der Waals surface area (Å²) in [5.74, 6) is -0.391. The minimum atomic E-state index is -5.01. The highest BCUT2D eigenvalue weighted by atomic mass is 19.4. The molecule has 1 aliphatic heterocycles. The van der Waals surface area contributed by atoms with Crippen LogP contribution in [0.25, 0.3) is 0 Å². The van der Waals surface area contributed by atoms with Crippen molar-refractivity contribution in [2.45, 2.75) is 90.0 Å². The largest absolute Gasteiger partial charge is 0.469 e. The van der Waals surface area contributed by atoms with Gasteiger partial charge in [-0.15, -0.1) is 0 Å². The minimum absolute atomic E-state index is 0.0497. The van der Waals surface area contributed by atoms with Gasteiger partial charge in [0, 0.05) is 37.9 Å². The van der Waals surface area contributed by atoms with E-state index in [0.717, 1.165) is 0 Å². The van der Waals surface area contributed by atoms with Crippen molar-refractivity contribution < 1.29 is 45.4 Å². The Kier molecular flexibility index (Phi) is 9.99. The molecule has 42 heavy (non-hydrogen) atoms. The van der Waals surface area contributed by atoms with E-state index in [9.17, 15) is 35.9 Å². The third kappa shape index (κ3) is 8.71. The third-order valence-corrected chi connectivity index (χ3v) is 6.73. The molecular weight excluding hydrogens is 570 g/mol. The van der Waals surface area contributed by atoms with Gasteiger partial charge in [0.05, 0.1) is 24.3 Å². The predicted octanol–water partition coefficient (Wildman–Crippen LogP) is 6.41. The highest BCUT2D eigenvalue weighted by Crippen LogP contribution is 2.37. The smallest absolute Gasteiger partial charge is 0.416 e. The van der Waals surface area contributed by atoms with Gasteiger partial charge in [-0.05, 0) is 69.4 Å². The van der Waals surface area contributed by atoms with Gasteiger partial charge in [-0.3, -0.25) is 4.79 Å². The number of halogens is 6. The van der Waals surface area contributed by atoms with Crippen molar-refractivity contribution in [3.63, 3.8) is 0 Å². The lowest BCUT2D eigenvalue weighted by atomic mass is 10.0. The van der Waals surface area contributed by atoms with Crippen LogP contribution in [0.2, 0.25) is 0 Å². The summed E-state index contributed by atoms with van der Waals surface area (Å²) < 4.78 is 91.6. The molecule has 1 aliphatic rings. The van der Waals surface area contributed by atoms with Gasteiger partial charge in [0.1, 0.15) is 5.60 Å². The number of ether oxygens (including phenoxy) is 2. The van der Waals surface area contributed by atoms with Crippen LogP contribution >= 0.6 is 0 Å². The van der Waals surface area contributed by atoms with Gasteiger partial charge in [0.25, 0.3) is 0 Å². The van der Waals surface area contributed by atoms with Crippen molar-refractivity contribution in [3.8, 4) is 0 Å². The van der Waals surface area contributed by atoms with E-state index in [1.165, 1.54) is 29.3 Å². The lowest BCUT2D eigenvalue weighted by molar-refractivity contribution is -0.143. The van der Waals surface area contributed by atoms with Crippen molar-refractivity contribution in [2.24, 2.45) is 0 Å². The number of methoxy groups -OCH3 is 1. The van der Waals surface area contributed by atoms with Crippen LogP contribution in [0.1, 0.15) is 69.2 Å². The molecule has 8 nitrogen and oxygen atoms in total. The first-order valence-corrected chi connectivity index (χ1v) is 13.3. The van der Waals surface area contributed by atoms with Gasteiger partial charge in [0.15, 0.2) is 0 Å². The average Bonchev–Trinajstić information content (AvgIpc) is 3.33. The average molecular weight is 605 g/mol. The Hall–Kier alpha value is -3.58. The number of aromatic nitrogens is 2. The van der Waals surface area contributed by atoms with Crippen LogP contribution in [0.5, 0.6) is 0 Å². The fraction of sp³-hybridized carbons (Fsp3) is 0.571. The van der Waals surface area contributed by atoms with Gasteiger partial charge in [0.2, 0.25) is 5.95 Å². The number of alkyl halides is 6. The molecule has 0 N–H and O–H groups in total. The normalized spacial score (nSPS) is 17.7. The van der Waals surface area contributed by atoms with Crippen molar-refractivity contribution in [1.29, 1.82) is 0 Å². The number of carbonyl (C=O) groups is 2. The van der Waals surface area contributed by atoms with E-state index >= 15 is 0 Å². The minimum Gasteiger partial charge on any atom is -0.469 e. The molecule has 3 rings (SSSR count). The monoisotopic (exact) mass is 604 g/mol. The van der Waals surface area contributed by atoms with Crippen LogP contribution in [-0.2, 0) is 39.6 Å². The molecule has 1 unspecified atom stereocenters. The van der Waals surface area contributed by atoms with Gasteiger partial charge in [-0.1, -0.05) is 6.92 Å². The van der Waals surface area contributed by atoms with Gasteiger partial charge in [-0.25, -0.2) is 14.8 Å². The van der Waals surface area contributed by atoms with E-state index in [2.05, 4.69) is 14.7 Å². The van der Waals surface area contributed by atoms with E-state index < -0.39 is 53.7 Å². The second kappa shape index (κ2) is 12.7. The Morgan fingerprint density at radius 2 is 1.55 bits per heavy atom. The van der Waals surface area contributed by atoms with E-state index in [1.807, 2.05) is 6.92 Å². The molecule has 232 valence electrons. The number of nitrogens with zero attached hydrogens (tertiary/aromatic N) is 4. The summed E-state index contributed by atoms with van der Waals surface area (Å²) in [6, 6.07) is 0.578. The van der Waals surface area contributed by atoms with Crippen LogP contribution in [0.4, 0.5) is 37.1 Å². The van der Waals surface area contributed by atoms with Crippen molar-refractivity contribution in [1.82, 2.24) is 14.9 Å². The number of amides is 1. The van der Waals surface area contributed by atoms with Crippen LogP contribution in [-0.4, -0.2) is 58.3 Å². The van der Waals surface area contributed by atoms with Gasteiger partial charge in [-0.2, -0.15) is 26.3 Å². The third-order valence-electron chi connectivity index (χ3n) is 6.73.